The lowest BCUT2D eigenvalue weighted by molar-refractivity contribution is 0.249. The van der Waals surface area contributed by atoms with E-state index in [-0.39, 0.29) is 17.9 Å². The zero-order valence-corrected chi connectivity index (χ0v) is 15.0. The van der Waals surface area contributed by atoms with Gasteiger partial charge in [-0.3, -0.25) is 0 Å². The topological polar surface area (TPSA) is 83.0 Å². The van der Waals surface area contributed by atoms with E-state index >= 15 is 0 Å². The second-order valence-corrected chi connectivity index (χ2v) is 6.50. The molecule has 3 aromatic rings. The zero-order chi connectivity index (χ0) is 19.3. The van der Waals surface area contributed by atoms with Gasteiger partial charge >= 0.3 is 6.03 Å². The third-order valence-electron chi connectivity index (χ3n) is 4.50. The first-order valence-electron chi connectivity index (χ1n) is 8.99. The predicted molar refractivity (Wildman–Crippen MR) is 104 cm³/mol. The summed E-state index contributed by atoms with van der Waals surface area (Å²) in [6, 6.07) is 12.1. The Morgan fingerprint density at radius 2 is 1.86 bits per heavy atom. The second kappa shape index (κ2) is 7.99. The van der Waals surface area contributed by atoms with Gasteiger partial charge in [0.1, 0.15) is 0 Å². The average molecular weight is 378 g/mol. The Hall–Kier alpha value is -3.55. The lowest BCUT2D eigenvalue weighted by Crippen LogP contribution is -2.40. The summed E-state index contributed by atoms with van der Waals surface area (Å²) in [4.78, 5) is 26.7. The van der Waals surface area contributed by atoms with Crippen LogP contribution in [-0.4, -0.2) is 40.1 Å². The molecule has 0 aliphatic carbocycles. The fourth-order valence-electron chi connectivity index (χ4n) is 3.16. The van der Waals surface area contributed by atoms with Crippen molar-refractivity contribution in [2.45, 2.75) is 12.5 Å². The van der Waals surface area contributed by atoms with Gasteiger partial charge in [0.05, 0.1) is 18.1 Å². The first-order chi connectivity index (χ1) is 13.7. The van der Waals surface area contributed by atoms with Crippen LogP contribution in [-0.2, 0) is 0 Å². The highest BCUT2D eigenvalue weighted by molar-refractivity contribution is 5.89. The average Bonchev–Trinajstić information content (AvgIpc) is 3.17. The molecule has 0 spiro atoms. The number of urea groups is 1. The number of pyridine rings is 1. The summed E-state index contributed by atoms with van der Waals surface area (Å²) in [6.45, 7) is 1.14. The lowest BCUT2D eigenvalue weighted by Gasteiger charge is -2.18. The number of rotatable bonds is 4. The minimum Gasteiger partial charge on any atom is -0.352 e. The van der Waals surface area contributed by atoms with Crippen molar-refractivity contribution in [3.63, 3.8) is 0 Å². The molecule has 1 atom stereocenters. The van der Waals surface area contributed by atoms with Crippen molar-refractivity contribution in [3.8, 4) is 11.4 Å². The maximum absolute atomic E-state index is 13.9. The third-order valence-corrected chi connectivity index (χ3v) is 4.50. The number of benzene rings is 1. The van der Waals surface area contributed by atoms with Crippen LogP contribution >= 0.6 is 0 Å². The van der Waals surface area contributed by atoms with E-state index in [1.54, 1.807) is 24.7 Å². The molecule has 1 saturated heterocycles. The van der Waals surface area contributed by atoms with Crippen LogP contribution in [0.5, 0.6) is 0 Å². The Morgan fingerprint density at radius 3 is 2.61 bits per heavy atom. The van der Waals surface area contributed by atoms with Gasteiger partial charge in [-0.15, -0.1) is 0 Å². The highest BCUT2D eigenvalue weighted by Gasteiger charge is 2.26. The molecule has 1 aromatic carbocycles. The number of carbonyl (C=O) groups excluding carboxylic acids is 1. The number of amides is 2. The molecular weight excluding hydrogens is 359 g/mol. The van der Waals surface area contributed by atoms with Crippen LogP contribution in [0.4, 0.5) is 20.7 Å². The minimum absolute atomic E-state index is 0.0917. The highest BCUT2D eigenvalue weighted by atomic mass is 19.1. The number of nitrogens with zero attached hydrogens (tertiary/aromatic N) is 4. The highest BCUT2D eigenvalue weighted by Crippen LogP contribution is 2.21. The van der Waals surface area contributed by atoms with Crippen molar-refractivity contribution in [3.05, 3.63) is 66.9 Å². The molecule has 2 N–H and O–H groups in total. The Bertz CT molecular complexity index is 950. The molecular formula is C20H19FN6O. The molecule has 0 saturated carbocycles. The van der Waals surface area contributed by atoms with Crippen molar-refractivity contribution >= 4 is 17.5 Å². The summed E-state index contributed by atoms with van der Waals surface area (Å²) in [5.74, 6) is 0.552. The smallest absolute Gasteiger partial charge is 0.319 e. The summed E-state index contributed by atoms with van der Waals surface area (Å²) in [5.41, 5.74) is 1.41. The van der Waals surface area contributed by atoms with Crippen LogP contribution in [0.15, 0.2) is 61.1 Å². The summed E-state index contributed by atoms with van der Waals surface area (Å²) in [7, 11) is 0. The molecule has 0 bridgehead atoms. The van der Waals surface area contributed by atoms with Crippen LogP contribution in [0, 0.1) is 5.82 Å². The number of anilines is 2. The van der Waals surface area contributed by atoms with Gasteiger partial charge in [-0.1, -0.05) is 30.3 Å². The quantitative estimate of drug-likeness (QED) is 0.729. The van der Waals surface area contributed by atoms with Crippen molar-refractivity contribution in [2.75, 3.05) is 23.3 Å². The van der Waals surface area contributed by atoms with Gasteiger partial charge in [-0.05, 0) is 18.6 Å². The molecule has 3 heterocycles. The van der Waals surface area contributed by atoms with Gasteiger partial charge in [0, 0.05) is 30.9 Å². The molecule has 2 amide bonds. The Morgan fingerprint density at radius 1 is 1.07 bits per heavy atom. The maximum Gasteiger partial charge on any atom is 0.319 e. The fraction of sp³-hybridized carbons (Fsp3) is 0.200. The van der Waals surface area contributed by atoms with E-state index in [0.717, 1.165) is 5.56 Å². The van der Waals surface area contributed by atoms with Gasteiger partial charge < -0.3 is 15.5 Å². The normalized spacial score (nSPS) is 16.0. The Labute approximate surface area is 161 Å². The van der Waals surface area contributed by atoms with Crippen LogP contribution < -0.4 is 15.5 Å². The zero-order valence-electron chi connectivity index (χ0n) is 15.0. The Balaban J connectivity index is 1.32. The lowest BCUT2D eigenvalue weighted by atomic mass is 10.2. The molecule has 142 valence electrons. The number of aromatic nitrogens is 3. The van der Waals surface area contributed by atoms with Crippen LogP contribution in [0.3, 0.4) is 0 Å². The summed E-state index contributed by atoms with van der Waals surface area (Å²) in [5, 5.41) is 5.63. The van der Waals surface area contributed by atoms with Gasteiger partial charge in [-0.2, -0.15) is 0 Å². The van der Waals surface area contributed by atoms with Gasteiger partial charge in [0.15, 0.2) is 17.5 Å². The number of halogens is 1. The van der Waals surface area contributed by atoms with E-state index in [2.05, 4.69) is 25.6 Å². The van der Waals surface area contributed by atoms with E-state index in [1.807, 2.05) is 35.2 Å². The first kappa shape index (κ1) is 17.8. The molecule has 1 aliphatic heterocycles. The molecule has 1 aliphatic rings. The SMILES string of the molecule is O=C(Nc1cnc(-c2ccccc2)nc1)NC1CCN(c2ncccc2F)C1. The van der Waals surface area contributed by atoms with Crippen LogP contribution in [0.2, 0.25) is 0 Å². The van der Waals surface area contributed by atoms with Gasteiger partial charge in [0.2, 0.25) is 0 Å². The molecule has 1 fully saturated rings. The van der Waals surface area contributed by atoms with E-state index in [0.29, 0.717) is 36.8 Å². The monoisotopic (exact) mass is 378 g/mol. The fourth-order valence-corrected chi connectivity index (χ4v) is 3.16. The summed E-state index contributed by atoms with van der Waals surface area (Å²) < 4.78 is 13.9. The van der Waals surface area contributed by atoms with Gasteiger partial charge in [0.25, 0.3) is 0 Å². The Kier molecular flexibility index (Phi) is 5.09. The summed E-state index contributed by atoms with van der Waals surface area (Å²) >= 11 is 0. The second-order valence-electron chi connectivity index (χ2n) is 6.50. The van der Waals surface area contributed by atoms with Crippen molar-refractivity contribution in [1.82, 2.24) is 20.3 Å². The van der Waals surface area contributed by atoms with E-state index in [1.165, 1.54) is 6.07 Å². The van der Waals surface area contributed by atoms with Crippen molar-refractivity contribution < 1.29 is 9.18 Å². The molecule has 2 aromatic heterocycles. The molecule has 1 unspecified atom stereocenters. The third kappa shape index (κ3) is 4.06. The molecule has 0 radical (unpaired) electrons. The van der Waals surface area contributed by atoms with Crippen LogP contribution in [0.25, 0.3) is 11.4 Å². The number of nitrogens with one attached hydrogen (secondary N) is 2. The molecule has 4 rings (SSSR count). The van der Waals surface area contributed by atoms with Crippen molar-refractivity contribution in [2.24, 2.45) is 0 Å². The molecule has 28 heavy (non-hydrogen) atoms. The van der Waals surface area contributed by atoms with Gasteiger partial charge in [-0.25, -0.2) is 24.1 Å². The predicted octanol–water partition coefficient (Wildman–Crippen LogP) is 3.08. The summed E-state index contributed by atoms with van der Waals surface area (Å²) in [6.07, 6.45) is 5.41. The van der Waals surface area contributed by atoms with E-state index in [9.17, 15) is 9.18 Å². The number of carbonyl (C=O) groups is 1. The number of hydrogen-bond acceptors (Lipinski definition) is 5. The molecule has 8 heteroatoms. The standard InChI is InChI=1S/C20H19FN6O/c21-17-7-4-9-22-19(17)27-10-8-15(13-27)25-20(28)26-16-11-23-18(24-12-16)14-5-2-1-3-6-14/h1-7,9,11-12,15H,8,10,13H2,(H2,25,26,28). The minimum atomic E-state index is -0.358. The van der Waals surface area contributed by atoms with E-state index < -0.39 is 0 Å². The van der Waals surface area contributed by atoms with E-state index in [4.69, 9.17) is 0 Å². The number of hydrogen-bond donors (Lipinski definition) is 2. The largest absolute Gasteiger partial charge is 0.352 e. The molecule has 7 nitrogen and oxygen atoms in total. The first-order valence-corrected chi connectivity index (χ1v) is 8.99. The van der Waals surface area contributed by atoms with Crippen LogP contribution in [0.1, 0.15) is 6.42 Å². The maximum atomic E-state index is 13.9. The van der Waals surface area contributed by atoms with Crippen molar-refractivity contribution in [1.29, 1.82) is 0 Å².